The summed E-state index contributed by atoms with van der Waals surface area (Å²) in [5, 5.41) is 2.58. The molecule has 1 aromatic rings. The van der Waals surface area contributed by atoms with Crippen LogP contribution in [-0.4, -0.2) is 31.1 Å². The molecule has 1 aromatic carbocycles. The van der Waals surface area contributed by atoms with Crippen LogP contribution in [0.25, 0.3) is 0 Å². The number of rotatable bonds is 7. The number of carbonyl (C=O) groups is 2. The zero-order valence-corrected chi connectivity index (χ0v) is 11.7. The highest BCUT2D eigenvalue weighted by atomic mass is 16.5. The molecule has 6 nitrogen and oxygen atoms in total. The van der Waals surface area contributed by atoms with Crippen LogP contribution in [0.2, 0.25) is 0 Å². The minimum Gasteiger partial charge on any atom is -0.491 e. The Hall–Kier alpha value is -2.24. The van der Waals surface area contributed by atoms with Gasteiger partial charge in [0.05, 0.1) is 18.7 Å². The fourth-order valence-electron chi connectivity index (χ4n) is 1.48. The van der Waals surface area contributed by atoms with E-state index in [0.29, 0.717) is 18.0 Å². The highest BCUT2D eigenvalue weighted by molar-refractivity contribution is 5.83. The maximum atomic E-state index is 11.5. The van der Waals surface area contributed by atoms with Gasteiger partial charge in [-0.1, -0.05) is 12.1 Å². The summed E-state index contributed by atoms with van der Waals surface area (Å²) in [6.07, 6.45) is -0.748. The van der Waals surface area contributed by atoms with E-state index in [1.165, 1.54) is 6.92 Å². The standard InChI is InChI=1S/C14H20N2O4/c1-3-16-14(18)10(2)20-13(17)8-9-19-12-7-5-4-6-11(12)15/h4-7,10H,3,8-9,15H2,1-2H3,(H,16,18). The molecular weight excluding hydrogens is 260 g/mol. The summed E-state index contributed by atoms with van der Waals surface area (Å²) in [6.45, 7) is 3.97. The molecule has 0 aromatic heterocycles. The fraction of sp³-hybridized carbons (Fsp3) is 0.429. The predicted octanol–water partition coefficient (Wildman–Crippen LogP) is 1.11. The van der Waals surface area contributed by atoms with Crippen LogP contribution in [0.15, 0.2) is 24.3 Å². The summed E-state index contributed by atoms with van der Waals surface area (Å²) in [7, 11) is 0. The number of likely N-dealkylation sites (N-methyl/N-ethyl adjacent to an activating group) is 1. The average Bonchev–Trinajstić information content (AvgIpc) is 2.41. The van der Waals surface area contributed by atoms with Crippen molar-refractivity contribution in [2.24, 2.45) is 0 Å². The summed E-state index contributed by atoms with van der Waals surface area (Å²) in [5.41, 5.74) is 6.21. The normalized spacial score (nSPS) is 11.5. The molecule has 0 aliphatic rings. The second-order valence-electron chi connectivity index (χ2n) is 4.16. The summed E-state index contributed by atoms with van der Waals surface area (Å²) in [5.74, 6) is -0.274. The van der Waals surface area contributed by atoms with E-state index in [1.807, 2.05) is 0 Å². The second-order valence-corrected chi connectivity index (χ2v) is 4.16. The number of para-hydroxylation sites is 2. The number of hydrogen-bond donors (Lipinski definition) is 2. The zero-order valence-electron chi connectivity index (χ0n) is 11.7. The van der Waals surface area contributed by atoms with Crippen LogP contribution in [0.4, 0.5) is 5.69 Å². The maximum Gasteiger partial charge on any atom is 0.310 e. The summed E-state index contributed by atoms with van der Waals surface area (Å²) in [4.78, 5) is 22.9. The molecule has 3 N–H and O–H groups in total. The molecule has 0 fully saturated rings. The lowest BCUT2D eigenvalue weighted by Crippen LogP contribution is -2.35. The van der Waals surface area contributed by atoms with Gasteiger partial charge in [-0.3, -0.25) is 9.59 Å². The van der Waals surface area contributed by atoms with Crippen LogP contribution >= 0.6 is 0 Å². The first-order valence-electron chi connectivity index (χ1n) is 6.49. The number of anilines is 1. The molecule has 20 heavy (non-hydrogen) atoms. The largest absolute Gasteiger partial charge is 0.491 e. The van der Waals surface area contributed by atoms with Gasteiger partial charge in [0.1, 0.15) is 5.75 Å². The smallest absolute Gasteiger partial charge is 0.310 e. The second kappa shape index (κ2) is 8.04. The lowest BCUT2D eigenvalue weighted by atomic mass is 10.3. The first-order valence-corrected chi connectivity index (χ1v) is 6.49. The van der Waals surface area contributed by atoms with Crippen LogP contribution < -0.4 is 15.8 Å². The van der Waals surface area contributed by atoms with Gasteiger partial charge >= 0.3 is 5.97 Å². The van der Waals surface area contributed by atoms with Gasteiger partial charge in [-0.15, -0.1) is 0 Å². The first-order chi connectivity index (χ1) is 9.54. The number of benzene rings is 1. The third-order valence-corrected chi connectivity index (χ3v) is 2.51. The molecule has 0 aliphatic carbocycles. The molecule has 0 aliphatic heterocycles. The Balaban J connectivity index is 2.30. The van der Waals surface area contributed by atoms with Crippen molar-refractivity contribution in [3.8, 4) is 5.75 Å². The van der Waals surface area contributed by atoms with Crippen LogP contribution in [0.5, 0.6) is 5.75 Å². The van der Waals surface area contributed by atoms with Gasteiger partial charge in [0.2, 0.25) is 0 Å². The molecule has 0 saturated carbocycles. The Bertz CT molecular complexity index is 462. The first kappa shape index (κ1) is 15.8. The van der Waals surface area contributed by atoms with Crippen molar-refractivity contribution in [2.75, 3.05) is 18.9 Å². The highest BCUT2D eigenvalue weighted by Crippen LogP contribution is 2.19. The minimum atomic E-state index is -0.802. The Morgan fingerprint density at radius 3 is 2.70 bits per heavy atom. The van der Waals surface area contributed by atoms with Crippen molar-refractivity contribution in [3.63, 3.8) is 0 Å². The van der Waals surface area contributed by atoms with Gasteiger partial charge in [0.15, 0.2) is 6.10 Å². The minimum absolute atomic E-state index is 0.0537. The summed E-state index contributed by atoms with van der Waals surface area (Å²) in [6, 6.07) is 7.02. The fourth-order valence-corrected chi connectivity index (χ4v) is 1.48. The number of carbonyl (C=O) groups excluding carboxylic acids is 2. The third-order valence-electron chi connectivity index (χ3n) is 2.51. The van der Waals surface area contributed by atoms with Crippen molar-refractivity contribution < 1.29 is 19.1 Å². The van der Waals surface area contributed by atoms with E-state index in [9.17, 15) is 9.59 Å². The topological polar surface area (TPSA) is 90.6 Å². The molecule has 1 atom stereocenters. The van der Waals surface area contributed by atoms with E-state index >= 15 is 0 Å². The van der Waals surface area contributed by atoms with Gasteiger partial charge in [-0.2, -0.15) is 0 Å². The number of nitrogen functional groups attached to an aromatic ring is 1. The number of ether oxygens (including phenoxy) is 2. The lowest BCUT2D eigenvalue weighted by Gasteiger charge is -2.13. The zero-order chi connectivity index (χ0) is 15.0. The SMILES string of the molecule is CCNC(=O)C(C)OC(=O)CCOc1ccccc1N. The Kier molecular flexibility index (Phi) is 6.36. The van der Waals surface area contributed by atoms with Crippen molar-refractivity contribution >= 4 is 17.6 Å². The molecule has 0 heterocycles. The van der Waals surface area contributed by atoms with Crippen molar-refractivity contribution in [1.29, 1.82) is 0 Å². The van der Waals surface area contributed by atoms with Crippen LogP contribution in [0, 0.1) is 0 Å². The molecule has 0 saturated heterocycles. The van der Waals surface area contributed by atoms with Crippen molar-refractivity contribution in [3.05, 3.63) is 24.3 Å². The molecule has 1 unspecified atom stereocenters. The van der Waals surface area contributed by atoms with Crippen LogP contribution in [0.3, 0.4) is 0 Å². The van der Waals surface area contributed by atoms with Gasteiger partial charge in [0.25, 0.3) is 5.91 Å². The number of esters is 1. The van der Waals surface area contributed by atoms with Gasteiger partial charge in [-0.05, 0) is 26.0 Å². The third kappa shape index (κ3) is 5.17. The monoisotopic (exact) mass is 280 g/mol. The predicted molar refractivity (Wildman–Crippen MR) is 75.2 cm³/mol. The van der Waals surface area contributed by atoms with Crippen LogP contribution in [-0.2, 0) is 14.3 Å². The van der Waals surface area contributed by atoms with E-state index in [4.69, 9.17) is 15.2 Å². The molecule has 0 spiro atoms. The summed E-state index contributed by atoms with van der Waals surface area (Å²) < 4.78 is 10.3. The quantitative estimate of drug-likeness (QED) is 0.576. The highest BCUT2D eigenvalue weighted by Gasteiger charge is 2.16. The van der Waals surface area contributed by atoms with E-state index in [0.717, 1.165) is 0 Å². The number of nitrogens with two attached hydrogens (primary N) is 1. The summed E-state index contributed by atoms with van der Waals surface area (Å²) >= 11 is 0. The maximum absolute atomic E-state index is 11.5. The van der Waals surface area contributed by atoms with Gasteiger partial charge < -0.3 is 20.5 Å². The van der Waals surface area contributed by atoms with Crippen molar-refractivity contribution in [1.82, 2.24) is 5.32 Å². The average molecular weight is 280 g/mol. The number of nitrogens with one attached hydrogen (secondary N) is 1. The molecule has 110 valence electrons. The molecule has 1 amide bonds. The molecule has 6 heteroatoms. The van der Waals surface area contributed by atoms with Crippen LogP contribution in [0.1, 0.15) is 20.3 Å². The van der Waals surface area contributed by atoms with E-state index < -0.39 is 12.1 Å². The Morgan fingerprint density at radius 1 is 1.35 bits per heavy atom. The Morgan fingerprint density at radius 2 is 2.05 bits per heavy atom. The molecule has 1 rings (SSSR count). The molecular formula is C14H20N2O4. The van der Waals surface area contributed by atoms with E-state index in [1.54, 1.807) is 31.2 Å². The number of hydrogen-bond acceptors (Lipinski definition) is 5. The molecule has 0 radical (unpaired) electrons. The van der Waals surface area contributed by atoms with E-state index in [2.05, 4.69) is 5.32 Å². The van der Waals surface area contributed by atoms with Crippen molar-refractivity contribution in [2.45, 2.75) is 26.4 Å². The van der Waals surface area contributed by atoms with E-state index in [-0.39, 0.29) is 18.9 Å². The van der Waals surface area contributed by atoms with Gasteiger partial charge in [0, 0.05) is 6.54 Å². The number of amides is 1. The lowest BCUT2D eigenvalue weighted by molar-refractivity contribution is -0.155. The molecule has 0 bridgehead atoms. The van der Waals surface area contributed by atoms with Gasteiger partial charge in [-0.25, -0.2) is 0 Å². The Labute approximate surface area is 118 Å².